The molecule has 1 fully saturated rings. The highest BCUT2D eigenvalue weighted by Gasteiger charge is 2.32. The smallest absolute Gasteiger partial charge is 0.217 e. The number of thioether (sulfide) groups is 1. The van der Waals surface area contributed by atoms with Crippen LogP contribution in [-0.4, -0.2) is 37.6 Å². The standard InChI is InChI=1S/C30H32N4O4S/c1-20(36)31-16-22-5-3-6-24(13-22)25-7-4-8-26(14-25)29-37-27(18-39-30-33-32-19-34(30)2)15-28(38-29)23-11-9-21(17-35)10-12-23/h3-14,19,27-29,35H,15-18H2,1-2H3,(H,31,36). The number of carbonyl (C=O) groups excluding carboxylic acids is 1. The van der Waals surface area contributed by atoms with Gasteiger partial charge in [-0.15, -0.1) is 10.2 Å². The second kappa shape index (κ2) is 12.6. The van der Waals surface area contributed by atoms with Gasteiger partial charge in [0.15, 0.2) is 11.4 Å². The molecule has 2 N–H and O–H groups in total. The van der Waals surface area contributed by atoms with Gasteiger partial charge in [-0.2, -0.15) is 0 Å². The van der Waals surface area contributed by atoms with Crippen LogP contribution in [0.4, 0.5) is 0 Å². The SMILES string of the molecule is CC(=O)NCc1cccc(-c2cccc(C3OC(CSc4nncn4C)CC(c4ccc(CO)cc4)O3)c2)c1. The molecule has 0 spiro atoms. The lowest BCUT2D eigenvalue weighted by Gasteiger charge is -2.36. The maximum atomic E-state index is 11.3. The number of nitrogens with zero attached hydrogens (tertiary/aromatic N) is 3. The predicted molar refractivity (Wildman–Crippen MR) is 150 cm³/mol. The Morgan fingerprint density at radius 3 is 2.51 bits per heavy atom. The van der Waals surface area contributed by atoms with E-state index in [0.717, 1.165) is 38.5 Å². The number of benzene rings is 3. The van der Waals surface area contributed by atoms with Crippen LogP contribution in [0.15, 0.2) is 84.3 Å². The predicted octanol–water partition coefficient (Wildman–Crippen LogP) is 4.95. The number of aliphatic hydroxyl groups excluding tert-OH is 1. The molecular weight excluding hydrogens is 512 g/mol. The normalized spacial score (nSPS) is 19.1. The summed E-state index contributed by atoms with van der Waals surface area (Å²) in [6, 6.07) is 24.3. The summed E-state index contributed by atoms with van der Waals surface area (Å²) in [6.07, 6.45) is 1.61. The Labute approximate surface area is 232 Å². The summed E-state index contributed by atoms with van der Waals surface area (Å²) in [4.78, 5) is 11.3. The van der Waals surface area contributed by atoms with E-state index >= 15 is 0 Å². The first-order chi connectivity index (χ1) is 19.0. The number of hydrogen-bond acceptors (Lipinski definition) is 7. The summed E-state index contributed by atoms with van der Waals surface area (Å²) in [7, 11) is 1.93. The van der Waals surface area contributed by atoms with Gasteiger partial charge in [0.2, 0.25) is 5.91 Å². The number of aliphatic hydroxyl groups is 1. The van der Waals surface area contributed by atoms with Crippen molar-refractivity contribution < 1.29 is 19.4 Å². The van der Waals surface area contributed by atoms with Gasteiger partial charge < -0.3 is 24.5 Å². The molecule has 5 rings (SSSR count). The summed E-state index contributed by atoms with van der Waals surface area (Å²) in [5.74, 6) is 0.657. The van der Waals surface area contributed by atoms with Crippen molar-refractivity contribution in [3.63, 3.8) is 0 Å². The third kappa shape index (κ3) is 6.93. The number of carbonyl (C=O) groups is 1. The van der Waals surface area contributed by atoms with E-state index < -0.39 is 6.29 Å². The van der Waals surface area contributed by atoms with Crippen molar-refractivity contribution >= 4 is 17.7 Å². The fraction of sp³-hybridized carbons (Fsp3) is 0.300. The van der Waals surface area contributed by atoms with Crippen molar-refractivity contribution in [2.45, 2.75) is 50.2 Å². The van der Waals surface area contributed by atoms with E-state index in [1.165, 1.54) is 6.92 Å². The molecule has 8 nitrogen and oxygen atoms in total. The Morgan fingerprint density at radius 2 is 1.79 bits per heavy atom. The molecule has 3 unspecified atom stereocenters. The Bertz CT molecular complexity index is 1410. The van der Waals surface area contributed by atoms with Crippen molar-refractivity contribution in [1.82, 2.24) is 20.1 Å². The molecule has 1 aliphatic heterocycles. The van der Waals surface area contributed by atoms with Crippen LogP contribution in [0.5, 0.6) is 0 Å². The lowest BCUT2D eigenvalue weighted by atomic mass is 9.99. The first-order valence-corrected chi connectivity index (χ1v) is 13.9. The molecule has 3 atom stereocenters. The van der Waals surface area contributed by atoms with Gasteiger partial charge in [0, 0.05) is 38.3 Å². The van der Waals surface area contributed by atoms with Crippen LogP contribution in [0.1, 0.15) is 48.0 Å². The summed E-state index contributed by atoms with van der Waals surface area (Å²) < 4.78 is 14.9. The van der Waals surface area contributed by atoms with E-state index in [2.05, 4.69) is 39.8 Å². The Balaban J connectivity index is 1.38. The number of rotatable bonds is 9. The average Bonchev–Trinajstić information content (AvgIpc) is 3.39. The van der Waals surface area contributed by atoms with Crippen molar-refractivity contribution in [2.24, 2.45) is 7.05 Å². The van der Waals surface area contributed by atoms with Crippen molar-refractivity contribution in [1.29, 1.82) is 0 Å². The van der Waals surface area contributed by atoms with E-state index in [-0.39, 0.29) is 24.7 Å². The Kier molecular flexibility index (Phi) is 8.73. The lowest BCUT2D eigenvalue weighted by Crippen LogP contribution is -2.31. The molecule has 3 aromatic carbocycles. The second-order valence-electron chi connectivity index (χ2n) is 9.62. The molecule has 0 aliphatic carbocycles. The summed E-state index contributed by atoms with van der Waals surface area (Å²) >= 11 is 1.61. The van der Waals surface area contributed by atoms with Crippen molar-refractivity contribution in [3.8, 4) is 11.1 Å². The van der Waals surface area contributed by atoms with Crippen molar-refractivity contribution in [2.75, 3.05) is 5.75 Å². The molecule has 4 aromatic rings. The number of amides is 1. The Hall–Kier alpha value is -3.50. The van der Waals surface area contributed by atoms with Crippen LogP contribution < -0.4 is 5.32 Å². The fourth-order valence-corrected chi connectivity index (χ4v) is 5.45. The monoisotopic (exact) mass is 544 g/mol. The summed E-state index contributed by atoms with van der Waals surface area (Å²) in [5, 5.41) is 21.3. The molecule has 9 heteroatoms. The fourth-order valence-electron chi connectivity index (χ4n) is 4.55. The van der Waals surface area contributed by atoms with Crippen LogP contribution in [0, 0.1) is 0 Å². The molecule has 1 aliphatic rings. The molecule has 0 radical (unpaired) electrons. The van der Waals surface area contributed by atoms with E-state index in [1.807, 2.05) is 60.1 Å². The number of ether oxygens (including phenoxy) is 2. The number of hydrogen-bond donors (Lipinski definition) is 2. The van der Waals surface area contributed by atoms with Gasteiger partial charge in [-0.05, 0) is 39.9 Å². The number of aromatic nitrogens is 3. The zero-order valence-corrected chi connectivity index (χ0v) is 22.8. The van der Waals surface area contributed by atoms with E-state index in [0.29, 0.717) is 18.7 Å². The van der Waals surface area contributed by atoms with Gasteiger partial charge in [-0.1, -0.05) is 72.4 Å². The molecule has 2 heterocycles. The molecular formula is C30H32N4O4S. The van der Waals surface area contributed by atoms with Gasteiger partial charge in [-0.3, -0.25) is 4.79 Å². The van der Waals surface area contributed by atoms with Crippen LogP contribution in [0.2, 0.25) is 0 Å². The average molecular weight is 545 g/mol. The molecule has 1 saturated heterocycles. The van der Waals surface area contributed by atoms with E-state index in [1.54, 1.807) is 18.1 Å². The molecule has 39 heavy (non-hydrogen) atoms. The highest BCUT2D eigenvalue weighted by atomic mass is 32.2. The molecule has 0 saturated carbocycles. The first-order valence-electron chi connectivity index (χ1n) is 12.9. The van der Waals surface area contributed by atoms with Crippen LogP contribution in [0.25, 0.3) is 11.1 Å². The summed E-state index contributed by atoms with van der Waals surface area (Å²) in [6.45, 7) is 2.01. The third-order valence-corrected chi connectivity index (χ3v) is 7.81. The third-order valence-electron chi connectivity index (χ3n) is 6.64. The zero-order valence-electron chi connectivity index (χ0n) is 22.0. The topological polar surface area (TPSA) is 98.5 Å². The van der Waals surface area contributed by atoms with E-state index in [9.17, 15) is 9.90 Å². The van der Waals surface area contributed by atoms with Gasteiger partial charge in [0.1, 0.15) is 6.33 Å². The van der Waals surface area contributed by atoms with Gasteiger partial charge in [0.05, 0.1) is 18.8 Å². The van der Waals surface area contributed by atoms with Crippen LogP contribution in [0.3, 0.4) is 0 Å². The molecule has 202 valence electrons. The quantitative estimate of drug-likeness (QED) is 0.288. The van der Waals surface area contributed by atoms with Gasteiger partial charge in [0.25, 0.3) is 0 Å². The van der Waals surface area contributed by atoms with Crippen LogP contribution in [-0.2, 0) is 34.5 Å². The minimum atomic E-state index is -0.547. The number of nitrogens with one attached hydrogen (secondary N) is 1. The van der Waals surface area contributed by atoms with Crippen LogP contribution >= 0.6 is 11.8 Å². The number of aryl methyl sites for hydroxylation is 1. The maximum absolute atomic E-state index is 11.3. The molecule has 0 bridgehead atoms. The summed E-state index contributed by atoms with van der Waals surface area (Å²) in [5.41, 5.74) is 5.99. The molecule has 1 amide bonds. The largest absolute Gasteiger partial charge is 0.392 e. The van der Waals surface area contributed by atoms with Gasteiger partial charge >= 0.3 is 0 Å². The minimum Gasteiger partial charge on any atom is -0.392 e. The molecule has 1 aromatic heterocycles. The second-order valence-corrected chi connectivity index (χ2v) is 10.6. The van der Waals surface area contributed by atoms with Crippen molar-refractivity contribution in [3.05, 3.63) is 101 Å². The Morgan fingerprint density at radius 1 is 1.03 bits per heavy atom. The highest BCUT2D eigenvalue weighted by Crippen LogP contribution is 2.40. The highest BCUT2D eigenvalue weighted by molar-refractivity contribution is 7.99. The maximum Gasteiger partial charge on any atom is 0.217 e. The van der Waals surface area contributed by atoms with Gasteiger partial charge in [-0.25, -0.2) is 0 Å². The zero-order chi connectivity index (χ0) is 27.2. The first kappa shape index (κ1) is 27.1. The van der Waals surface area contributed by atoms with E-state index in [4.69, 9.17) is 9.47 Å². The minimum absolute atomic E-state index is 0.00725. The lowest BCUT2D eigenvalue weighted by molar-refractivity contribution is -0.245.